The summed E-state index contributed by atoms with van der Waals surface area (Å²) in [5, 5.41) is 8.68. The molecule has 24 heavy (non-hydrogen) atoms. The molecular formula is C19H25N3O2. The molecule has 0 bridgehead atoms. The zero-order valence-corrected chi connectivity index (χ0v) is 14.3. The van der Waals surface area contributed by atoms with Crippen LogP contribution in [0.1, 0.15) is 31.2 Å². The maximum atomic E-state index is 12.6. The third-order valence-corrected chi connectivity index (χ3v) is 5.21. The molecule has 0 unspecified atom stereocenters. The summed E-state index contributed by atoms with van der Waals surface area (Å²) in [5.41, 5.74) is 0.958. The van der Waals surface area contributed by atoms with E-state index in [1.54, 1.807) is 0 Å². The van der Waals surface area contributed by atoms with Gasteiger partial charge in [-0.05, 0) is 57.0 Å². The first-order valence-corrected chi connectivity index (χ1v) is 8.77. The molecule has 5 heteroatoms. The second-order valence-corrected chi connectivity index (χ2v) is 6.75. The van der Waals surface area contributed by atoms with Crippen molar-refractivity contribution in [2.45, 2.75) is 44.2 Å². The summed E-state index contributed by atoms with van der Waals surface area (Å²) in [6, 6.07) is 10.4. The number of hydrogen-bond donors (Lipinski definition) is 0. The highest BCUT2D eigenvalue weighted by Gasteiger charge is 2.38. The predicted octanol–water partition coefficient (Wildman–Crippen LogP) is 2.22. The molecule has 2 atom stereocenters. The minimum Gasteiger partial charge on any atom is -0.484 e. The first kappa shape index (κ1) is 16.8. The van der Waals surface area contributed by atoms with Gasteiger partial charge in [-0.25, -0.2) is 0 Å². The second kappa shape index (κ2) is 7.67. The summed E-state index contributed by atoms with van der Waals surface area (Å²) in [6.45, 7) is 2.07. The molecule has 1 aromatic carbocycles. The van der Waals surface area contributed by atoms with Crippen LogP contribution in [0.2, 0.25) is 0 Å². The molecule has 3 rings (SSSR count). The Morgan fingerprint density at radius 3 is 2.58 bits per heavy atom. The fourth-order valence-electron chi connectivity index (χ4n) is 3.95. The highest BCUT2D eigenvalue weighted by molar-refractivity contribution is 5.78. The zero-order valence-electron chi connectivity index (χ0n) is 14.3. The average Bonchev–Trinajstić information content (AvgIpc) is 3.22. The van der Waals surface area contributed by atoms with E-state index in [-0.39, 0.29) is 12.5 Å². The number of rotatable bonds is 5. The highest BCUT2D eigenvalue weighted by Crippen LogP contribution is 2.29. The number of carbonyl (C=O) groups excluding carboxylic acids is 1. The summed E-state index contributed by atoms with van der Waals surface area (Å²) in [7, 11) is 2.16. The van der Waals surface area contributed by atoms with Crippen LogP contribution in [0, 0.1) is 11.3 Å². The van der Waals surface area contributed by atoms with Crippen LogP contribution in [0.5, 0.6) is 5.75 Å². The number of amides is 1. The van der Waals surface area contributed by atoms with E-state index in [1.807, 2.05) is 29.2 Å². The van der Waals surface area contributed by atoms with Gasteiger partial charge < -0.3 is 14.5 Å². The Morgan fingerprint density at radius 1 is 1.21 bits per heavy atom. The van der Waals surface area contributed by atoms with Crippen LogP contribution in [0.3, 0.4) is 0 Å². The van der Waals surface area contributed by atoms with Gasteiger partial charge in [-0.15, -0.1) is 0 Å². The molecule has 1 aromatic rings. The Kier molecular flexibility index (Phi) is 5.37. The number of nitrogens with zero attached hydrogens (tertiary/aromatic N) is 3. The van der Waals surface area contributed by atoms with Gasteiger partial charge in [0.15, 0.2) is 6.61 Å². The SMILES string of the molecule is CN1CCC[C@H]1[C@H]1CCCN1C(=O)COc1ccc(CC#N)cc1. The Labute approximate surface area is 143 Å². The molecule has 2 saturated heterocycles. The Balaban J connectivity index is 1.55. The van der Waals surface area contributed by atoms with E-state index in [1.165, 1.54) is 12.8 Å². The number of likely N-dealkylation sites (N-methyl/N-ethyl adjacent to an activating group) is 1. The van der Waals surface area contributed by atoms with Gasteiger partial charge in [0.05, 0.1) is 12.5 Å². The molecule has 0 saturated carbocycles. The maximum Gasteiger partial charge on any atom is 0.260 e. The van der Waals surface area contributed by atoms with Crippen LogP contribution in [0.25, 0.3) is 0 Å². The van der Waals surface area contributed by atoms with E-state index in [9.17, 15) is 4.79 Å². The molecule has 2 aliphatic rings. The average molecular weight is 327 g/mol. The quantitative estimate of drug-likeness (QED) is 0.832. The van der Waals surface area contributed by atoms with E-state index in [2.05, 4.69) is 18.0 Å². The van der Waals surface area contributed by atoms with Crippen molar-refractivity contribution in [2.75, 3.05) is 26.7 Å². The second-order valence-electron chi connectivity index (χ2n) is 6.75. The highest BCUT2D eigenvalue weighted by atomic mass is 16.5. The molecule has 0 radical (unpaired) electrons. The van der Waals surface area contributed by atoms with Crippen molar-refractivity contribution in [3.8, 4) is 11.8 Å². The van der Waals surface area contributed by atoms with Crippen molar-refractivity contribution >= 4 is 5.91 Å². The number of nitriles is 1. The summed E-state index contributed by atoms with van der Waals surface area (Å²) in [5.74, 6) is 0.762. The van der Waals surface area contributed by atoms with Crippen molar-refractivity contribution in [2.24, 2.45) is 0 Å². The minimum absolute atomic E-state index is 0.0823. The third-order valence-electron chi connectivity index (χ3n) is 5.21. The topological polar surface area (TPSA) is 56.6 Å². The molecule has 0 spiro atoms. The number of carbonyl (C=O) groups is 1. The van der Waals surface area contributed by atoms with Gasteiger partial charge in [0.2, 0.25) is 0 Å². The smallest absolute Gasteiger partial charge is 0.260 e. The third kappa shape index (κ3) is 3.70. The Bertz CT molecular complexity index is 608. The first-order valence-electron chi connectivity index (χ1n) is 8.77. The molecule has 2 heterocycles. The van der Waals surface area contributed by atoms with Crippen LogP contribution < -0.4 is 4.74 Å². The van der Waals surface area contributed by atoms with Crippen LogP contribution in [0.4, 0.5) is 0 Å². The lowest BCUT2D eigenvalue weighted by atomic mass is 10.0. The molecule has 2 fully saturated rings. The van der Waals surface area contributed by atoms with Crippen LogP contribution in [-0.4, -0.2) is 54.5 Å². The first-order chi connectivity index (χ1) is 11.7. The minimum atomic E-state index is 0.0823. The van der Waals surface area contributed by atoms with Crippen molar-refractivity contribution in [3.63, 3.8) is 0 Å². The van der Waals surface area contributed by atoms with Crippen LogP contribution >= 0.6 is 0 Å². The molecule has 1 amide bonds. The normalized spacial score (nSPS) is 24.1. The summed E-state index contributed by atoms with van der Waals surface area (Å²) in [6.07, 6.45) is 4.99. The number of benzene rings is 1. The lowest BCUT2D eigenvalue weighted by Gasteiger charge is -2.33. The maximum absolute atomic E-state index is 12.6. The van der Waals surface area contributed by atoms with Crippen molar-refractivity contribution in [3.05, 3.63) is 29.8 Å². The van der Waals surface area contributed by atoms with Gasteiger partial charge in [-0.1, -0.05) is 12.1 Å². The molecule has 0 aromatic heterocycles. The number of likely N-dealkylation sites (tertiary alicyclic amines) is 2. The van der Waals surface area contributed by atoms with E-state index in [0.717, 1.165) is 31.5 Å². The van der Waals surface area contributed by atoms with Crippen molar-refractivity contribution in [1.82, 2.24) is 9.80 Å². The van der Waals surface area contributed by atoms with Crippen LogP contribution in [-0.2, 0) is 11.2 Å². The molecule has 128 valence electrons. The largest absolute Gasteiger partial charge is 0.484 e. The summed E-state index contributed by atoms with van der Waals surface area (Å²) in [4.78, 5) is 17.0. The number of hydrogen-bond acceptors (Lipinski definition) is 4. The van der Waals surface area contributed by atoms with E-state index >= 15 is 0 Å². The fourth-order valence-corrected chi connectivity index (χ4v) is 3.95. The molecule has 0 aliphatic carbocycles. The predicted molar refractivity (Wildman–Crippen MR) is 91.6 cm³/mol. The molecule has 5 nitrogen and oxygen atoms in total. The lowest BCUT2D eigenvalue weighted by molar-refractivity contribution is -0.135. The Morgan fingerprint density at radius 2 is 1.92 bits per heavy atom. The van der Waals surface area contributed by atoms with Gasteiger partial charge in [0.1, 0.15) is 5.75 Å². The van der Waals surface area contributed by atoms with Gasteiger partial charge in [-0.3, -0.25) is 4.79 Å². The molecular weight excluding hydrogens is 302 g/mol. The van der Waals surface area contributed by atoms with Gasteiger partial charge in [-0.2, -0.15) is 5.26 Å². The van der Waals surface area contributed by atoms with Gasteiger partial charge in [0, 0.05) is 18.6 Å². The van der Waals surface area contributed by atoms with Gasteiger partial charge >= 0.3 is 0 Å². The van der Waals surface area contributed by atoms with Gasteiger partial charge in [0.25, 0.3) is 5.91 Å². The molecule has 2 aliphatic heterocycles. The lowest BCUT2D eigenvalue weighted by Crippen LogP contribution is -2.48. The zero-order chi connectivity index (χ0) is 16.9. The Hall–Kier alpha value is -2.06. The van der Waals surface area contributed by atoms with Crippen molar-refractivity contribution in [1.29, 1.82) is 5.26 Å². The fraction of sp³-hybridized carbons (Fsp3) is 0.579. The van der Waals surface area contributed by atoms with E-state index in [0.29, 0.717) is 24.3 Å². The summed E-state index contributed by atoms with van der Waals surface area (Å²) >= 11 is 0. The van der Waals surface area contributed by atoms with E-state index < -0.39 is 0 Å². The monoisotopic (exact) mass is 327 g/mol. The van der Waals surface area contributed by atoms with Crippen LogP contribution in [0.15, 0.2) is 24.3 Å². The van der Waals surface area contributed by atoms with E-state index in [4.69, 9.17) is 10.00 Å². The standard InChI is InChI=1S/C19H25N3O2/c1-21-12-2-4-17(21)18-5-3-13-22(18)19(23)14-24-16-8-6-15(7-9-16)10-11-20/h6-9,17-18H,2-5,10,12-14H2,1H3/t17-,18+/m0/s1. The number of ether oxygens (including phenoxy) is 1. The van der Waals surface area contributed by atoms with Crippen molar-refractivity contribution < 1.29 is 9.53 Å². The summed E-state index contributed by atoms with van der Waals surface area (Å²) < 4.78 is 5.66. The molecule has 0 N–H and O–H groups in total.